The summed E-state index contributed by atoms with van der Waals surface area (Å²) in [4.78, 5) is 0. The molecular formula is C17H23NO3. The lowest BCUT2D eigenvalue weighted by atomic mass is 10.2. The fourth-order valence-corrected chi connectivity index (χ4v) is 2.15. The molecule has 1 unspecified atom stereocenters. The molecule has 114 valence electrons. The Hall–Kier alpha value is -1.78. The Kier molecular flexibility index (Phi) is 5.84. The third-order valence-corrected chi connectivity index (χ3v) is 3.34. The molecule has 1 heterocycles. The van der Waals surface area contributed by atoms with E-state index >= 15 is 0 Å². The first kappa shape index (κ1) is 15.6. The standard InChI is InChI=1S/C17H23NO3/c1-4-5-10-20-11-9-18-13(2)16-12-14-7-6-8-15(19-3)17(14)21-16/h4,6-8,12-13,18H,1,5,9-11H2,2-3H3. The van der Waals surface area contributed by atoms with E-state index in [1.807, 2.05) is 30.3 Å². The number of nitrogens with one attached hydrogen (secondary N) is 1. The molecule has 0 aliphatic rings. The van der Waals surface area contributed by atoms with Crippen LogP contribution in [-0.4, -0.2) is 26.9 Å². The summed E-state index contributed by atoms with van der Waals surface area (Å²) in [6.45, 7) is 7.93. The molecule has 0 spiro atoms. The van der Waals surface area contributed by atoms with Crippen molar-refractivity contribution in [3.05, 3.63) is 42.7 Å². The van der Waals surface area contributed by atoms with E-state index in [4.69, 9.17) is 13.9 Å². The molecule has 0 bridgehead atoms. The van der Waals surface area contributed by atoms with Gasteiger partial charge in [0.2, 0.25) is 0 Å². The van der Waals surface area contributed by atoms with E-state index in [-0.39, 0.29) is 6.04 Å². The van der Waals surface area contributed by atoms with Gasteiger partial charge >= 0.3 is 0 Å². The van der Waals surface area contributed by atoms with Crippen LogP contribution in [0.25, 0.3) is 11.0 Å². The Morgan fingerprint density at radius 3 is 3.00 bits per heavy atom. The maximum Gasteiger partial charge on any atom is 0.176 e. The number of hydrogen-bond acceptors (Lipinski definition) is 4. The lowest BCUT2D eigenvalue weighted by molar-refractivity contribution is 0.138. The van der Waals surface area contributed by atoms with Gasteiger partial charge in [0.25, 0.3) is 0 Å². The van der Waals surface area contributed by atoms with Crippen LogP contribution in [0.4, 0.5) is 0 Å². The summed E-state index contributed by atoms with van der Waals surface area (Å²) in [6.07, 6.45) is 2.75. The highest BCUT2D eigenvalue weighted by atomic mass is 16.5. The molecule has 0 amide bonds. The summed E-state index contributed by atoms with van der Waals surface area (Å²) < 4.78 is 16.7. The average molecular weight is 289 g/mol. The van der Waals surface area contributed by atoms with E-state index < -0.39 is 0 Å². The van der Waals surface area contributed by atoms with Gasteiger partial charge < -0.3 is 19.2 Å². The topological polar surface area (TPSA) is 43.6 Å². The summed E-state index contributed by atoms with van der Waals surface area (Å²) in [5.74, 6) is 1.67. The van der Waals surface area contributed by atoms with Crippen LogP contribution in [0.1, 0.15) is 25.1 Å². The molecule has 2 rings (SSSR count). The van der Waals surface area contributed by atoms with Gasteiger partial charge in [0, 0.05) is 11.9 Å². The van der Waals surface area contributed by atoms with E-state index in [1.165, 1.54) is 0 Å². The van der Waals surface area contributed by atoms with Crippen molar-refractivity contribution in [2.45, 2.75) is 19.4 Å². The van der Waals surface area contributed by atoms with E-state index in [2.05, 4.69) is 18.8 Å². The van der Waals surface area contributed by atoms with Crippen molar-refractivity contribution >= 4 is 11.0 Å². The van der Waals surface area contributed by atoms with Crippen molar-refractivity contribution < 1.29 is 13.9 Å². The van der Waals surface area contributed by atoms with Crippen molar-refractivity contribution in [3.8, 4) is 5.75 Å². The van der Waals surface area contributed by atoms with Crippen LogP contribution in [0.2, 0.25) is 0 Å². The zero-order chi connectivity index (χ0) is 15.1. The largest absolute Gasteiger partial charge is 0.493 e. The van der Waals surface area contributed by atoms with Crippen LogP contribution in [0.15, 0.2) is 41.3 Å². The van der Waals surface area contributed by atoms with Gasteiger partial charge in [-0.3, -0.25) is 0 Å². The summed E-state index contributed by atoms with van der Waals surface area (Å²) in [5, 5.41) is 4.44. The third kappa shape index (κ3) is 4.09. The number of methoxy groups -OCH3 is 1. The second-order valence-electron chi connectivity index (χ2n) is 4.89. The number of rotatable bonds is 9. The predicted octanol–water partition coefficient (Wildman–Crippen LogP) is 3.68. The lowest BCUT2D eigenvalue weighted by Crippen LogP contribution is -2.23. The Bertz CT molecular complexity index is 576. The Labute approximate surface area is 125 Å². The smallest absolute Gasteiger partial charge is 0.176 e. The van der Waals surface area contributed by atoms with Crippen molar-refractivity contribution in [1.29, 1.82) is 0 Å². The van der Waals surface area contributed by atoms with Gasteiger partial charge in [-0.2, -0.15) is 0 Å². The van der Waals surface area contributed by atoms with Gasteiger partial charge in [0.1, 0.15) is 5.76 Å². The van der Waals surface area contributed by atoms with Gasteiger partial charge in [0.15, 0.2) is 11.3 Å². The molecule has 2 aromatic rings. The molecule has 4 heteroatoms. The van der Waals surface area contributed by atoms with Crippen LogP contribution < -0.4 is 10.1 Å². The van der Waals surface area contributed by atoms with Crippen LogP contribution in [0.3, 0.4) is 0 Å². The first-order valence-electron chi connectivity index (χ1n) is 7.24. The number of ether oxygens (including phenoxy) is 2. The van der Waals surface area contributed by atoms with E-state index in [0.717, 1.165) is 42.1 Å². The van der Waals surface area contributed by atoms with Crippen LogP contribution in [0, 0.1) is 0 Å². The predicted molar refractivity (Wildman–Crippen MR) is 84.8 cm³/mol. The van der Waals surface area contributed by atoms with Gasteiger partial charge in [-0.05, 0) is 25.5 Å². The highest BCUT2D eigenvalue weighted by Crippen LogP contribution is 2.30. The molecule has 1 N–H and O–H groups in total. The maximum absolute atomic E-state index is 5.91. The molecular weight excluding hydrogens is 266 g/mol. The summed E-state index contributed by atoms with van der Waals surface area (Å²) in [7, 11) is 1.65. The molecule has 0 saturated carbocycles. The number of hydrogen-bond donors (Lipinski definition) is 1. The molecule has 4 nitrogen and oxygen atoms in total. The first-order valence-corrected chi connectivity index (χ1v) is 7.24. The number of fused-ring (bicyclic) bond motifs is 1. The SMILES string of the molecule is C=CCCOCCNC(C)c1cc2cccc(OC)c2o1. The molecule has 21 heavy (non-hydrogen) atoms. The highest BCUT2D eigenvalue weighted by molar-refractivity contribution is 5.83. The van der Waals surface area contributed by atoms with Crippen LogP contribution >= 0.6 is 0 Å². The van der Waals surface area contributed by atoms with Gasteiger partial charge in [-0.25, -0.2) is 0 Å². The van der Waals surface area contributed by atoms with Crippen LogP contribution in [0.5, 0.6) is 5.75 Å². The molecule has 0 aliphatic heterocycles. The molecule has 0 fully saturated rings. The Morgan fingerprint density at radius 2 is 2.24 bits per heavy atom. The Morgan fingerprint density at radius 1 is 1.38 bits per heavy atom. The molecule has 1 atom stereocenters. The maximum atomic E-state index is 5.91. The normalized spacial score (nSPS) is 12.5. The Balaban J connectivity index is 1.90. The van der Waals surface area contributed by atoms with Crippen molar-refractivity contribution in [2.24, 2.45) is 0 Å². The van der Waals surface area contributed by atoms with Gasteiger partial charge in [0.05, 0.1) is 26.4 Å². The summed E-state index contributed by atoms with van der Waals surface area (Å²) >= 11 is 0. The second-order valence-corrected chi connectivity index (χ2v) is 4.89. The third-order valence-electron chi connectivity index (χ3n) is 3.34. The fraction of sp³-hybridized carbons (Fsp3) is 0.412. The minimum Gasteiger partial charge on any atom is -0.493 e. The van der Waals surface area contributed by atoms with Crippen molar-refractivity contribution in [1.82, 2.24) is 5.32 Å². The van der Waals surface area contributed by atoms with E-state index in [0.29, 0.717) is 6.61 Å². The molecule has 0 aliphatic carbocycles. The number of para-hydroxylation sites is 1. The van der Waals surface area contributed by atoms with Crippen LogP contribution in [-0.2, 0) is 4.74 Å². The summed E-state index contributed by atoms with van der Waals surface area (Å²) in [5.41, 5.74) is 0.797. The number of benzene rings is 1. The zero-order valence-electron chi connectivity index (χ0n) is 12.7. The highest BCUT2D eigenvalue weighted by Gasteiger charge is 2.13. The van der Waals surface area contributed by atoms with Gasteiger partial charge in [-0.1, -0.05) is 18.2 Å². The quantitative estimate of drug-likeness (QED) is 0.565. The van der Waals surface area contributed by atoms with Crippen molar-refractivity contribution in [3.63, 3.8) is 0 Å². The van der Waals surface area contributed by atoms with Gasteiger partial charge in [-0.15, -0.1) is 6.58 Å². The van der Waals surface area contributed by atoms with Crippen molar-refractivity contribution in [2.75, 3.05) is 26.9 Å². The molecule has 0 saturated heterocycles. The number of furan rings is 1. The van der Waals surface area contributed by atoms with E-state index in [1.54, 1.807) is 7.11 Å². The minimum atomic E-state index is 0.130. The summed E-state index contributed by atoms with van der Waals surface area (Å²) in [6, 6.07) is 8.07. The molecule has 1 aromatic heterocycles. The molecule has 1 aromatic carbocycles. The second kappa shape index (κ2) is 7.86. The van der Waals surface area contributed by atoms with E-state index in [9.17, 15) is 0 Å². The molecule has 0 radical (unpaired) electrons. The lowest BCUT2D eigenvalue weighted by Gasteiger charge is -2.11. The zero-order valence-corrected chi connectivity index (χ0v) is 12.7. The fourth-order valence-electron chi connectivity index (χ4n) is 2.15. The average Bonchev–Trinajstić information content (AvgIpc) is 2.94. The first-order chi connectivity index (χ1) is 10.3. The minimum absolute atomic E-state index is 0.130. The monoisotopic (exact) mass is 289 g/mol.